The van der Waals surface area contributed by atoms with Crippen LogP contribution in [0, 0.1) is 0 Å². The molecule has 134 valence electrons. The van der Waals surface area contributed by atoms with E-state index in [-0.39, 0.29) is 62.5 Å². The zero-order valence-electron chi connectivity index (χ0n) is 13.8. The third kappa shape index (κ3) is 4.52. The number of fused-ring (bicyclic) bond motifs is 1. The average Bonchev–Trinajstić information content (AvgIpc) is 2.56. The number of nitrogens with zero attached hydrogens (tertiary/aromatic N) is 2. The third-order valence-corrected chi connectivity index (χ3v) is 4.56. The Balaban J connectivity index is 0.00000261. The quantitative estimate of drug-likeness (QED) is 0.325. The summed E-state index contributed by atoms with van der Waals surface area (Å²) in [6, 6.07) is 8.33. The van der Waals surface area contributed by atoms with Crippen LogP contribution in [0.25, 0.3) is 10.8 Å². The smallest absolute Gasteiger partial charge is 0.871 e. The van der Waals surface area contributed by atoms with Crippen molar-refractivity contribution in [1.29, 1.82) is 0 Å². The fourth-order valence-electron chi connectivity index (χ4n) is 2.31. The van der Waals surface area contributed by atoms with Crippen molar-refractivity contribution in [2.24, 2.45) is 10.2 Å². The topological polar surface area (TPSA) is 143 Å². The molecule has 0 saturated heterocycles. The van der Waals surface area contributed by atoms with E-state index in [1.54, 1.807) is 0 Å². The normalized spacial score (nSPS) is 11.6. The number of halogens is 1. The molecule has 3 N–H and O–H groups in total. The zero-order valence-corrected chi connectivity index (χ0v) is 17.4. The molecule has 3 rings (SSSR count). The minimum absolute atomic E-state index is 0. The van der Waals surface area contributed by atoms with Gasteiger partial charge < -0.3 is 15.3 Å². The number of hydrogen-bond acceptors (Lipinski definition) is 7. The van der Waals surface area contributed by atoms with E-state index in [2.05, 4.69) is 10.2 Å². The van der Waals surface area contributed by atoms with Gasteiger partial charge in [0.1, 0.15) is 17.2 Å². The molecule has 0 fully saturated rings. The maximum absolute atomic E-state index is 11.7. The Morgan fingerprint density at radius 2 is 1.67 bits per heavy atom. The summed E-state index contributed by atoms with van der Waals surface area (Å²) >= 11 is 5.80. The molecule has 3 aromatic rings. The van der Waals surface area contributed by atoms with Crippen molar-refractivity contribution in [3.8, 4) is 17.2 Å². The van der Waals surface area contributed by atoms with Crippen LogP contribution in [-0.2, 0) is 10.1 Å². The van der Waals surface area contributed by atoms with Crippen molar-refractivity contribution in [1.82, 2.24) is 0 Å². The Kier molecular flexibility index (Phi) is 6.35. The van der Waals surface area contributed by atoms with Crippen LogP contribution < -0.4 is 34.7 Å². The van der Waals surface area contributed by atoms with Crippen LogP contribution in [0.1, 0.15) is 0 Å². The number of phenols is 2. The summed E-state index contributed by atoms with van der Waals surface area (Å²) in [7, 11) is -4.54. The molecule has 27 heavy (non-hydrogen) atoms. The first-order chi connectivity index (χ1) is 12.2. The van der Waals surface area contributed by atoms with E-state index in [1.807, 2.05) is 0 Å². The second-order valence-electron chi connectivity index (χ2n) is 5.26. The summed E-state index contributed by atoms with van der Waals surface area (Å²) < 4.78 is 31.7. The second-order valence-corrected chi connectivity index (χ2v) is 7.12. The van der Waals surface area contributed by atoms with Gasteiger partial charge in [0.15, 0.2) is 0 Å². The number of rotatable bonds is 3. The number of azo groups is 1. The molecular weight excluding hydrogens is 407 g/mol. The van der Waals surface area contributed by atoms with Gasteiger partial charge >= 0.3 is 29.6 Å². The van der Waals surface area contributed by atoms with E-state index in [0.717, 1.165) is 12.1 Å². The standard InChI is InChI=1S/C16H11ClN2O6S.Na/c17-9-2-4-12(20)11(6-9)18-19-16-13(21)3-1-8-5-10(26(23,24)25)7-14(22)15(8)16;/h1-7,20-22H,(H,23,24,25);/q;+1/p-1. The van der Waals surface area contributed by atoms with Crippen molar-refractivity contribution in [3.05, 3.63) is 47.5 Å². The molecule has 8 nitrogen and oxygen atoms in total. The molecule has 0 aliphatic carbocycles. The Labute approximate surface area is 180 Å². The van der Waals surface area contributed by atoms with Crippen LogP contribution in [-0.4, -0.2) is 23.2 Å². The fraction of sp³-hybridized carbons (Fsp3) is 0. The summed E-state index contributed by atoms with van der Waals surface area (Å²) in [6.45, 7) is 0. The molecule has 0 saturated carbocycles. The van der Waals surface area contributed by atoms with E-state index in [0.29, 0.717) is 0 Å². The minimum Gasteiger partial charge on any atom is -0.871 e. The Morgan fingerprint density at radius 3 is 2.33 bits per heavy atom. The van der Waals surface area contributed by atoms with Gasteiger partial charge in [-0.1, -0.05) is 29.5 Å². The third-order valence-electron chi connectivity index (χ3n) is 3.50. The predicted octanol–water partition coefficient (Wildman–Crippen LogP) is 0.644. The monoisotopic (exact) mass is 416 g/mol. The molecule has 0 spiro atoms. The van der Waals surface area contributed by atoms with Crippen LogP contribution in [0.4, 0.5) is 11.4 Å². The van der Waals surface area contributed by atoms with Gasteiger partial charge in [0.25, 0.3) is 10.1 Å². The van der Waals surface area contributed by atoms with Gasteiger partial charge in [0, 0.05) is 11.1 Å². The molecule has 0 radical (unpaired) electrons. The first-order valence-corrected chi connectivity index (χ1v) is 8.83. The molecule has 0 unspecified atom stereocenters. The molecule has 11 heteroatoms. The molecule has 0 aromatic heterocycles. The second kappa shape index (κ2) is 8.01. The summed E-state index contributed by atoms with van der Waals surface area (Å²) in [5.74, 6) is -1.35. The van der Waals surface area contributed by atoms with Crippen LogP contribution in [0.5, 0.6) is 17.2 Å². The van der Waals surface area contributed by atoms with Crippen LogP contribution >= 0.6 is 11.6 Å². The van der Waals surface area contributed by atoms with E-state index >= 15 is 0 Å². The largest absolute Gasteiger partial charge is 1.00 e. The Hall–Kier alpha value is -1.88. The Bertz CT molecular complexity index is 1170. The van der Waals surface area contributed by atoms with Crippen molar-refractivity contribution >= 4 is 43.9 Å². The van der Waals surface area contributed by atoms with Gasteiger partial charge in [0.05, 0.1) is 16.0 Å². The number of phenolic OH excluding ortho intramolecular Hbond substituents is 2. The summed E-state index contributed by atoms with van der Waals surface area (Å²) in [4.78, 5) is -0.521. The molecular formula is C16H10ClN2NaO6S. The SMILES string of the molecule is O=S(=O)(O)c1cc(O)c2c(N=Nc3cc(Cl)ccc3[O-])c(O)ccc2c1.[Na+]. The molecule has 0 amide bonds. The van der Waals surface area contributed by atoms with Gasteiger partial charge in [-0.15, -0.1) is 5.11 Å². The average molecular weight is 417 g/mol. The maximum Gasteiger partial charge on any atom is 1.00 e. The fourth-order valence-corrected chi connectivity index (χ4v) is 3.01. The maximum atomic E-state index is 11.7. The van der Waals surface area contributed by atoms with Gasteiger partial charge in [-0.3, -0.25) is 4.55 Å². The summed E-state index contributed by atoms with van der Waals surface area (Å²) in [5, 5.41) is 39.9. The van der Waals surface area contributed by atoms with E-state index in [1.165, 1.54) is 30.3 Å². The van der Waals surface area contributed by atoms with Crippen LogP contribution in [0.3, 0.4) is 0 Å². The molecule has 3 aromatic carbocycles. The molecule has 0 aliphatic rings. The minimum atomic E-state index is -4.54. The van der Waals surface area contributed by atoms with Gasteiger partial charge in [0.2, 0.25) is 0 Å². The summed E-state index contributed by atoms with van der Waals surface area (Å²) in [6.07, 6.45) is 0. The van der Waals surface area contributed by atoms with Crippen molar-refractivity contribution in [2.45, 2.75) is 4.90 Å². The van der Waals surface area contributed by atoms with E-state index < -0.39 is 26.5 Å². The predicted molar refractivity (Wildman–Crippen MR) is 92.2 cm³/mol. The molecule has 0 atom stereocenters. The number of benzene rings is 3. The van der Waals surface area contributed by atoms with Crippen molar-refractivity contribution in [2.75, 3.05) is 0 Å². The number of hydrogen-bond donors (Lipinski definition) is 3. The molecule has 0 bridgehead atoms. The van der Waals surface area contributed by atoms with Crippen LogP contribution in [0.15, 0.2) is 57.6 Å². The van der Waals surface area contributed by atoms with Crippen LogP contribution in [0.2, 0.25) is 5.02 Å². The summed E-state index contributed by atoms with van der Waals surface area (Å²) in [5.41, 5.74) is -0.260. The first-order valence-electron chi connectivity index (χ1n) is 7.01. The van der Waals surface area contributed by atoms with Gasteiger partial charge in [-0.2, -0.15) is 13.5 Å². The number of aromatic hydroxyl groups is 2. The van der Waals surface area contributed by atoms with Gasteiger partial charge in [-0.25, -0.2) is 0 Å². The van der Waals surface area contributed by atoms with Crippen molar-refractivity contribution < 1.29 is 57.8 Å². The zero-order chi connectivity index (χ0) is 19.1. The molecule has 0 heterocycles. The van der Waals surface area contributed by atoms with Crippen molar-refractivity contribution in [3.63, 3.8) is 0 Å². The first kappa shape index (κ1) is 21.4. The van der Waals surface area contributed by atoms with E-state index in [9.17, 15) is 23.7 Å². The van der Waals surface area contributed by atoms with Gasteiger partial charge in [-0.05, 0) is 29.7 Å². The Morgan fingerprint density at radius 1 is 0.963 bits per heavy atom. The van der Waals surface area contributed by atoms with E-state index in [4.69, 9.17) is 16.2 Å². The molecule has 0 aliphatic heterocycles.